The van der Waals surface area contributed by atoms with Crippen molar-refractivity contribution >= 4 is 0 Å². The zero-order valence-corrected chi connectivity index (χ0v) is 9.54. The van der Waals surface area contributed by atoms with Gasteiger partial charge >= 0.3 is 0 Å². The van der Waals surface area contributed by atoms with Gasteiger partial charge in [-0.1, -0.05) is 39.3 Å². The lowest BCUT2D eigenvalue weighted by Crippen LogP contribution is -2.42. The number of hydrogen-bond acceptors (Lipinski definition) is 3. The van der Waals surface area contributed by atoms with E-state index in [4.69, 9.17) is 9.47 Å². The Balaban J connectivity index is 2.91. The fourth-order valence-electron chi connectivity index (χ4n) is 1.33. The van der Waals surface area contributed by atoms with Crippen molar-refractivity contribution in [3.8, 4) is 11.8 Å². The summed E-state index contributed by atoms with van der Waals surface area (Å²) in [7, 11) is 0. The average Bonchev–Trinajstić information content (AvgIpc) is 2.62. The molecule has 0 saturated carbocycles. The van der Waals surface area contributed by atoms with Crippen LogP contribution >= 0.6 is 0 Å². The SMILES string of the molecule is C=CC(O)C#CC1(C(C)(C)C)OCCO1. The van der Waals surface area contributed by atoms with Gasteiger partial charge in [0.1, 0.15) is 6.10 Å². The van der Waals surface area contributed by atoms with Crippen LogP contribution in [-0.4, -0.2) is 30.2 Å². The lowest BCUT2D eigenvalue weighted by Gasteiger charge is -2.34. The van der Waals surface area contributed by atoms with Crippen molar-refractivity contribution in [1.82, 2.24) is 0 Å². The third-order valence-corrected chi connectivity index (χ3v) is 2.29. The van der Waals surface area contributed by atoms with Gasteiger partial charge in [0.15, 0.2) is 0 Å². The standard InChI is InChI=1S/C12H18O3/c1-5-10(13)6-7-12(11(2,3)4)14-8-9-15-12/h5,10,13H,1,8-9H2,2-4H3. The van der Waals surface area contributed by atoms with Crippen LogP contribution in [0.4, 0.5) is 0 Å². The van der Waals surface area contributed by atoms with E-state index in [0.717, 1.165) is 0 Å². The minimum absolute atomic E-state index is 0.253. The van der Waals surface area contributed by atoms with Crippen LogP contribution < -0.4 is 0 Å². The second kappa shape index (κ2) is 4.36. The smallest absolute Gasteiger partial charge is 0.238 e. The molecule has 1 rings (SSSR count). The van der Waals surface area contributed by atoms with Gasteiger partial charge in [0.2, 0.25) is 5.79 Å². The highest BCUT2D eigenvalue weighted by Gasteiger charge is 2.46. The molecule has 1 saturated heterocycles. The molecule has 0 amide bonds. The Labute approximate surface area is 91.1 Å². The predicted molar refractivity (Wildman–Crippen MR) is 58.1 cm³/mol. The van der Waals surface area contributed by atoms with Crippen molar-refractivity contribution in [2.24, 2.45) is 5.41 Å². The highest BCUT2D eigenvalue weighted by atomic mass is 16.7. The minimum Gasteiger partial charge on any atom is -0.377 e. The van der Waals surface area contributed by atoms with Crippen LogP contribution in [-0.2, 0) is 9.47 Å². The molecule has 3 heteroatoms. The number of hydrogen-bond donors (Lipinski definition) is 1. The van der Waals surface area contributed by atoms with E-state index in [2.05, 4.69) is 18.4 Å². The zero-order valence-electron chi connectivity index (χ0n) is 9.54. The number of aliphatic hydroxyl groups is 1. The number of ether oxygens (including phenoxy) is 2. The lowest BCUT2D eigenvalue weighted by molar-refractivity contribution is -0.176. The highest BCUT2D eigenvalue weighted by molar-refractivity contribution is 5.20. The first-order valence-corrected chi connectivity index (χ1v) is 5.02. The maximum Gasteiger partial charge on any atom is 0.238 e. The van der Waals surface area contributed by atoms with Crippen LogP contribution in [0.2, 0.25) is 0 Å². The van der Waals surface area contributed by atoms with Gasteiger partial charge in [0.05, 0.1) is 13.2 Å². The van der Waals surface area contributed by atoms with E-state index in [1.807, 2.05) is 20.8 Å². The van der Waals surface area contributed by atoms with Gasteiger partial charge in [0, 0.05) is 5.41 Å². The third kappa shape index (κ3) is 2.60. The molecular weight excluding hydrogens is 192 g/mol. The van der Waals surface area contributed by atoms with E-state index >= 15 is 0 Å². The molecule has 1 fully saturated rings. The Morgan fingerprint density at radius 3 is 2.33 bits per heavy atom. The maximum atomic E-state index is 9.30. The molecule has 0 radical (unpaired) electrons. The largest absolute Gasteiger partial charge is 0.377 e. The van der Waals surface area contributed by atoms with Crippen molar-refractivity contribution < 1.29 is 14.6 Å². The summed E-state index contributed by atoms with van der Waals surface area (Å²) in [5.74, 6) is 4.62. The van der Waals surface area contributed by atoms with Crippen LogP contribution in [0, 0.1) is 17.3 Å². The highest BCUT2D eigenvalue weighted by Crippen LogP contribution is 2.37. The van der Waals surface area contributed by atoms with Crippen molar-refractivity contribution in [3.63, 3.8) is 0 Å². The molecule has 1 N–H and O–H groups in total. The molecule has 0 bridgehead atoms. The molecule has 1 aliphatic heterocycles. The van der Waals surface area contributed by atoms with E-state index in [1.165, 1.54) is 6.08 Å². The molecule has 1 unspecified atom stereocenters. The number of aliphatic hydroxyl groups excluding tert-OH is 1. The van der Waals surface area contributed by atoms with Crippen molar-refractivity contribution in [1.29, 1.82) is 0 Å². The first kappa shape index (κ1) is 12.3. The Kier molecular flexibility index (Phi) is 3.56. The molecule has 0 spiro atoms. The average molecular weight is 210 g/mol. The van der Waals surface area contributed by atoms with Crippen molar-refractivity contribution in [2.75, 3.05) is 13.2 Å². The van der Waals surface area contributed by atoms with Gasteiger partial charge in [-0.15, -0.1) is 0 Å². The molecule has 0 aromatic carbocycles. The van der Waals surface area contributed by atoms with Crippen LogP contribution in [0.25, 0.3) is 0 Å². The fraction of sp³-hybridized carbons (Fsp3) is 0.667. The van der Waals surface area contributed by atoms with Crippen molar-refractivity contribution in [3.05, 3.63) is 12.7 Å². The lowest BCUT2D eigenvalue weighted by atomic mass is 9.85. The minimum atomic E-state index is -0.906. The molecule has 1 atom stereocenters. The molecule has 0 aliphatic carbocycles. The second-order valence-corrected chi connectivity index (χ2v) is 4.51. The molecular formula is C12H18O3. The molecule has 15 heavy (non-hydrogen) atoms. The normalized spacial score (nSPS) is 21.6. The Morgan fingerprint density at radius 1 is 1.40 bits per heavy atom. The van der Waals surface area contributed by atoms with Gasteiger partial charge in [0.25, 0.3) is 0 Å². The second-order valence-electron chi connectivity index (χ2n) is 4.51. The molecule has 1 heterocycles. The van der Waals surface area contributed by atoms with E-state index in [1.54, 1.807) is 0 Å². The summed E-state index contributed by atoms with van der Waals surface area (Å²) in [6.45, 7) is 10.5. The Morgan fingerprint density at radius 2 is 1.93 bits per heavy atom. The van der Waals surface area contributed by atoms with Crippen LogP contribution in [0.3, 0.4) is 0 Å². The van der Waals surface area contributed by atoms with Gasteiger partial charge < -0.3 is 14.6 Å². The van der Waals surface area contributed by atoms with Crippen molar-refractivity contribution in [2.45, 2.75) is 32.7 Å². The summed E-state index contributed by atoms with van der Waals surface area (Å²) in [5.41, 5.74) is -0.253. The quantitative estimate of drug-likeness (QED) is 0.524. The van der Waals surface area contributed by atoms with Crippen LogP contribution in [0.1, 0.15) is 20.8 Å². The summed E-state index contributed by atoms with van der Waals surface area (Å²) < 4.78 is 11.1. The van der Waals surface area contributed by atoms with E-state index in [-0.39, 0.29) is 5.41 Å². The van der Waals surface area contributed by atoms with Crippen LogP contribution in [0.5, 0.6) is 0 Å². The monoisotopic (exact) mass is 210 g/mol. The summed E-state index contributed by atoms with van der Waals surface area (Å²) in [6, 6.07) is 0. The zero-order chi connectivity index (χ0) is 11.5. The maximum absolute atomic E-state index is 9.30. The predicted octanol–water partition coefficient (Wildman–Crippen LogP) is 1.33. The first-order valence-electron chi connectivity index (χ1n) is 5.02. The molecule has 0 aromatic heterocycles. The molecule has 84 valence electrons. The van der Waals surface area contributed by atoms with E-state index in [9.17, 15) is 5.11 Å². The first-order chi connectivity index (χ1) is 6.91. The summed E-state index contributed by atoms with van der Waals surface area (Å²) >= 11 is 0. The molecule has 3 nitrogen and oxygen atoms in total. The Bertz CT molecular complexity index is 284. The van der Waals surface area contributed by atoms with Gasteiger partial charge in [-0.2, -0.15) is 0 Å². The van der Waals surface area contributed by atoms with Gasteiger partial charge in [-0.25, -0.2) is 0 Å². The van der Waals surface area contributed by atoms with Gasteiger partial charge in [-0.05, 0) is 5.92 Å². The topological polar surface area (TPSA) is 38.7 Å². The summed E-state index contributed by atoms with van der Waals surface area (Å²) in [6.07, 6.45) is 0.537. The summed E-state index contributed by atoms with van der Waals surface area (Å²) in [5, 5.41) is 9.30. The molecule has 1 aliphatic rings. The Hall–Kier alpha value is -0.820. The van der Waals surface area contributed by atoms with Crippen LogP contribution in [0.15, 0.2) is 12.7 Å². The molecule has 0 aromatic rings. The fourth-order valence-corrected chi connectivity index (χ4v) is 1.33. The van der Waals surface area contributed by atoms with Gasteiger partial charge in [-0.3, -0.25) is 0 Å². The third-order valence-electron chi connectivity index (χ3n) is 2.29. The van der Waals surface area contributed by atoms with E-state index < -0.39 is 11.9 Å². The summed E-state index contributed by atoms with van der Waals surface area (Å²) in [4.78, 5) is 0. The number of rotatable bonds is 1. The van der Waals surface area contributed by atoms with E-state index in [0.29, 0.717) is 13.2 Å².